The number of carboxylic acids is 1. The molecule has 0 radical (unpaired) electrons. The molecule has 1 unspecified atom stereocenters. The van der Waals surface area contributed by atoms with Gasteiger partial charge in [0.2, 0.25) is 0 Å². The van der Waals surface area contributed by atoms with Crippen LogP contribution >= 0.6 is 0 Å². The summed E-state index contributed by atoms with van der Waals surface area (Å²) in [5.74, 6) is -1.56. The number of pyridine rings is 1. The largest absolute Gasteiger partial charge is 0.480 e. The van der Waals surface area contributed by atoms with E-state index in [2.05, 4.69) is 46.6 Å². The minimum Gasteiger partial charge on any atom is -0.480 e. The van der Waals surface area contributed by atoms with Crippen molar-refractivity contribution < 1.29 is 19.9 Å². The molecule has 2 atom stereocenters. The van der Waals surface area contributed by atoms with Crippen LogP contribution in [0.2, 0.25) is 0 Å². The summed E-state index contributed by atoms with van der Waals surface area (Å²) in [4.78, 5) is 27.6. The van der Waals surface area contributed by atoms with Gasteiger partial charge in [-0.2, -0.15) is 0 Å². The summed E-state index contributed by atoms with van der Waals surface area (Å²) in [6.07, 6.45) is 2.22. The van der Waals surface area contributed by atoms with Gasteiger partial charge < -0.3 is 15.6 Å². The molecule has 0 bridgehead atoms. The zero-order valence-electron chi connectivity index (χ0n) is 22.1. The number of oxime groups is 1. The van der Waals surface area contributed by atoms with Gasteiger partial charge in [-0.05, 0) is 72.9 Å². The Balaban J connectivity index is 1.60. The van der Waals surface area contributed by atoms with Gasteiger partial charge in [0.15, 0.2) is 0 Å². The van der Waals surface area contributed by atoms with E-state index in [-0.39, 0.29) is 5.92 Å². The van der Waals surface area contributed by atoms with Crippen molar-refractivity contribution in [2.24, 2.45) is 5.16 Å². The molecule has 39 heavy (non-hydrogen) atoms. The summed E-state index contributed by atoms with van der Waals surface area (Å²) in [6.45, 7) is 5.41. The lowest BCUT2D eigenvalue weighted by Crippen LogP contribution is -2.38. The van der Waals surface area contributed by atoms with E-state index in [1.807, 2.05) is 55.5 Å². The molecule has 0 spiro atoms. The van der Waals surface area contributed by atoms with Crippen LogP contribution in [0, 0.1) is 13.8 Å². The second-order valence-corrected chi connectivity index (χ2v) is 9.58. The van der Waals surface area contributed by atoms with E-state index < -0.39 is 17.9 Å². The highest BCUT2D eigenvalue weighted by Gasteiger charge is 2.21. The van der Waals surface area contributed by atoms with Crippen LogP contribution < -0.4 is 5.32 Å². The lowest BCUT2D eigenvalue weighted by Gasteiger charge is -2.21. The number of nitrogens with one attached hydrogen (secondary N) is 1. The van der Waals surface area contributed by atoms with Crippen molar-refractivity contribution in [2.75, 3.05) is 0 Å². The van der Waals surface area contributed by atoms with Gasteiger partial charge >= 0.3 is 5.97 Å². The number of carboxylic acid groups (broad SMARTS) is 1. The normalized spacial score (nSPS) is 12.9. The van der Waals surface area contributed by atoms with Crippen molar-refractivity contribution in [3.8, 4) is 11.1 Å². The van der Waals surface area contributed by atoms with Crippen LogP contribution in [0.4, 0.5) is 0 Å². The van der Waals surface area contributed by atoms with E-state index in [4.69, 9.17) is 5.11 Å². The highest BCUT2D eigenvalue weighted by molar-refractivity contribution is 6.01. The maximum absolute atomic E-state index is 12.3. The molecule has 0 saturated carbocycles. The summed E-state index contributed by atoms with van der Waals surface area (Å²) in [5, 5.41) is 25.1. The molecule has 0 fully saturated rings. The molecule has 3 N–H and O–H groups in total. The summed E-state index contributed by atoms with van der Waals surface area (Å²) in [6, 6.07) is 26.3. The van der Waals surface area contributed by atoms with Crippen LogP contribution in [-0.4, -0.2) is 38.9 Å². The molecule has 0 aliphatic heterocycles. The smallest absolute Gasteiger partial charge is 0.325 e. The molecular formula is C32H31N3O4. The molecule has 7 nitrogen and oxygen atoms in total. The number of amides is 1. The Morgan fingerprint density at radius 3 is 2.13 bits per heavy atom. The zero-order valence-corrected chi connectivity index (χ0v) is 22.1. The first kappa shape index (κ1) is 27.3. The molecule has 0 aliphatic rings. The summed E-state index contributed by atoms with van der Waals surface area (Å²) in [5.41, 5.74) is 7.97. The second kappa shape index (κ2) is 12.2. The van der Waals surface area contributed by atoms with Gasteiger partial charge in [-0.1, -0.05) is 65.8 Å². The molecular weight excluding hydrogens is 490 g/mol. The van der Waals surface area contributed by atoms with Gasteiger partial charge in [0.25, 0.3) is 5.91 Å². The van der Waals surface area contributed by atoms with Crippen molar-refractivity contribution in [1.29, 1.82) is 0 Å². The number of carbonyl (C=O) groups excluding carboxylic acids is 1. The summed E-state index contributed by atoms with van der Waals surface area (Å²) in [7, 11) is 0. The number of hydrogen-bond acceptors (Lipinski definition) is 5. The summed E-state index contributed by atoms with van der Waals surface area (Å²) < 4.78 is 0. The molecule has 4 aromatic rings. The van der Waals surface area contributed by atoms with E-state index in [1.165, 1.54) is 6.92 Å². The van der Waals surface area contributed by atoms with E-state index in [0.717, 1.165) is 39.1 Å². The van der Waals surface area contributed by atoms with Crippen LogP contribution in [0.1, 0.15) is 57.6 Å². The zero-order chi connectivity index (χ0) is 27.9. The van der Waals surface area contributed by atoms with Crippen molar-refractivity contribution in [1.82, 2.24) is 10.3 Å². The highest BCUT2D eigenvalue weighted by atomic mass is 16.4. The number of rotatable bonds is 9. The van der Waals surface area contributed by atoms with Crippen LogP contribution in [0.5, 0.6) is 0 Å². The lowest BCUT2D eigenvalue weighted by molar-refractivity contribution is -0.138. The predicted molar refractivity (Wildman–Crippen MR) is 151 cm³/mol. The molecule has 1 amide bonds. The molecule has 1 aromatic heterocycles. The standard InChI is InChI=1S/C32H31N3O4/c1-20-6-4-5-7-28(20)29(19-30(35-39)27-16-17-33-21(2)18-27)25-12-8-23(9-13-25)24-10-14-26(15-11-24)31(36)34-22(3)32(37)38/h4-18,22,29,39H,19H2,1-3H3,(H,34,36)(H,37,38)/t22?,29-/m0/s1. The minimum atomic E-state index is -1.09. The maximum Gasteiger partial charge on any atom is 0.325 e. The number of hydrogen-bond donors (Lipinski definition) is 3. The van der Waals surface area contributed by atoms with E-state index in [9.17, 15) is 14.8 Å². The summed E-state index contributed by atoms with van der Waals surface area (Å²) >= 11 is 0. The first-order chi connectivity index (χ1) is 18.8. The van der Waals surface area contributed by atoms with E-state index in [0.29, 0.717) is 17.7 Å². The van der Waals surface area contributed by atoms with Crippen molar-refractivity contribution >= 4 is 17.6 Å². The van der Waals surface area contributed by atoms with Crippen molar-refractivity contribution in [3.63, 3.8) is 0 Å². The van der Waals surface area contributed by atoms with Gasteiger partial charge in [0.1, 0.15) is 6.04 Å². The second-order valence-electron chi connectivity index (χ2n) is 9.58. The SMILES string of the molecule is Cc1cc(C(C[C@@H](c2ccc(-c3ccc(C(=O)NC(C)C(=O)O)cc3)cc2)c2ccccc2C)=NO)ccn1. The van der Waals surface area contributed by atoms with Gasteiger partial charge in [0.05, 0.1) is 5.71 Å². The molecule has 198 valence electrons. The lowest BCUT2D eigenvalue weighted by atomic mass is 9.83. The van der Waals surface area contributed by atoms with Gasteiger partial charge in [0, 0.05) is 35.4 Å². The quantitative estimate of drug-likeness (QED) is 0.143. The first-order valence-electron chi connectivity index (χ1n) is 12.7. The van der Waals surface area contributed by atoms with Crippen molar-refractivity contribution in [2.45, 2.75) is 39.2 Å². The first-order valence-corrected chi connectivity index (χ1v) is 12.7. The Morgan fingerprint density at radius 2 is 1.54 bits per heavy atom. The Hall–Kier alpha value is -4.78. The third kappa shape index (κ3) is 6.57. The predicted octanol–water partition coefficient (Wildman–Crippen LogP) is 5.97. The highest BCUT2D eigenvalue weighted by Crippen LogP contribution is 2.33. The number of benzene rings is 3. The van der Waals surface area contributed by atoms with Gasteiger partial charge in [-0.25, -0.2) is 0 Å². The fourth-order valence-corrected chi connectivity index (χ4v) is 4.58. The van der Waals surface area contributed by atoms with Crippen molar-refractivity contribution in [3.05, 3.63) is 125 Å². The minimum absolute atomic E-state index is 0.0399. The maximum atomic E-state index is 12.3. The molecule has 7 heteroatoms. The Kier molecular flexibility index (Phi) is 8.51. The Labute approximate surface area is 227 Å². The molecule has 0 aliphatic carbocycles. The third-order valence-electron chi connectivity index (χ3n) is 6.82. The van der Waals surface area contributed by atoms with E-state index >= 15 is 0 Å². The van der Waals surface area contributed by atoms with Gasteiger partial charge in [-0.15, -0.1) is 0 Å². The Bertz CT molecular complexity index is 1490. The topological polar surface area (TPSA) is 112 Å². The number of nitrogens with zero attached hydrogens (tertiary/aromatic N) is 2. The number of aromatic nitrogens is 1. The van der Waals surface area contributed by atoms with Crippen LogP contribution in [0.25, 0.3) is 11.1 Å². The van der Waals surface area contributed by atoms with Crippen LogP contribution in [0.15, 0.2) is 96.3 Å². The average Bonchev–Trinajstić information content (AvgIpc) is 2.94. The fourth-order valence-electron chi connectivity index (χ4n) is 4.58. The molecule has 3 aromatic carbocycles. The average molecular weight is 522 g/mol. The van der Waals surface area contributed by atoms with Crippen LogP contribution in [-0.2, 0) is 4.79 Å². The third-order valence-corrected chi connectivity index (χ3v) is 6.82. The Morgan fingerprint density at radius 1 is 0.897 bits per heavy atom. The van der Waals surface area contributed by atoms with Gasteiger partial charge in [-0.3, -0.25) is 14.6 Å². The van der Waals surface area contributed by atoms with Crippen LogP contribution in [0.3, 0.4) is 0 Å². The number of aliphatic carboxylic acids is 1. The number of aryl methyl sites for hydroxylation is 2. The molecule has 0 saturated heterocycles. The fraction of sp³-hybridized carbons (Fsp3) is 0.188. The molecule has 4 rings (SSSR count). The monoisotopic (exact) mass is 521 g/mol. The van der Waals surface area contributed by atoms with E-state index in [1.54, 1.807) is 18.3 Å². The number of carbonyl (C=O) groups is 2. The molecule has 1 heterocycles.